The Labute approximate surface area is 308 Å². The molecule has 53 heavy (non-hydrogen) atoms. The Hall–Kier alpha value is -5.42. The third-order valence-corrected chi connectivity index (χ3v) is 9.51. The number of carbonyl (C=O) groups is 7. The summed E-state index contributed by atoms with van der Waals surface area (Å²) in [5.41, 5.74) is 23.5. The summed E-state index contributed by atoms with van der Waals surface area (Å²) >= 11 is 0. The maximum Gasteiger partial charge on any atom is 0.305 e. The van der Waals surface area contributed by atoms with Crippen LogP contribution in [0.5, 0.6) is 0 Å². The van der Waals surface area contributed by atoms with E-state index in [1.54, 1.807) is 24.3 Å². The summed E-state index contributed by atoms with van der Waals surface area (Å²) in [5, 5.41) is 17.7. The van der Waals surface area contributed by atoms with Crippen molar-refractivity contribution in [2.24, 2.45) is 28.1 Å². The number of carboxylic acids is 1. The fourth-order valence-corrected chi connectivity index (χ4v) is 6.82. The predicted molar refractivity (Wildman–Crippen MR) is 195 cm³/mol. The van der Waals surface area contributed by atoms with E-state index in [1.807, 2.05) is 0 Å². The van der Waals surface area contributed by atoms with Crippen molar-refractivity contribution in [2.45, 2.75) is 102 Å². The zero-order chi connectivity index (χ0) is 39.1. The molecule has 18 heteroatoms. The Bertz CT molecular complexity index is 1490. The zero-order valence-corrected chi connectivity index (χ0v) is 30.3. The van der Waals surface area contributed by atoms with E-state index in [4.69, 9.17) is 22.9 Å². The topological polar surface area (TPSA) is 299 Å². The average Bonchev–Trinajstić information content (AvgIpc) is 3.61. The van der Waals surface area contributed by atoms with Gasteiger partial charge in [-0.2, -0.15) is 0 Å². The second-order valence-electron chi connectivity index (χ2n) is 13.6. The Morgan fingerprint density at radius 1 is 0.906 bits per heavy atom. The first-order valence-electron chi connectivity index (χ1n) is 18.0. The standard InChI is InChI=1S/C35H54N10O8/c1-21(46)41-26(19-22-11-13-24(36)14-12-22)32(51)43-30(23-7-3-2-4-8-23)33(52)42-25(9-5-16-40-35(38)39)34(53)44(18-15-29(48)49)20-28(47)45-17-6-10-27(45)31(37)50/h11-14,23,25-27,30H,2-10,15-20,36H2,1H3,(H2,37,50)(H,41,46)(H,42,52)(H,43,51)(H,48,49)(H4,38,39,40)/t25-,26-,27-,30-/m0/s1. The molecule has 4 atom stereocenters. The van der Waals surface area contributed by atoms with Gasteiger partial charge in [0.25, 0.3) is 0 Å². The van der Waals surface area contributed by atoms with Gasteiger partial charge in [-0.1, -0.05) is 31.4 Å². The number of aliphatic carboxylic acids is 1. The number of primary amides is 1. The number of benzene rings is 1. The number of carboxylic acid groups (broad SMARTS) is 1. The monoisotopic (exact) mass is 742 g/mol. The molecule has 1 aliphatic carbocycles. The van der Waals surface area contributed by atoms with Crippen molar-refractivity contribution >= 4 is 53.1 Å². The van der Waals surface area contributed by atoms with Crippen molar-refractivity contribution in [1.82, 2.24) is 25.8 Å². The molecule has 0 unspecified atom stereocenters. The SMILES string of the molecule is CC(=O)N[C@@H](Cc1ccc(N)cc1)C(=O)N[C@H](C(=O)N[C@@H](CCCN=C(N)N)C(=O)N(CCC(=O)O)CC(=O)N1CCC[C@H]1C(N)=O)C1CCCCC1. The van der Waals surface area contributed by atoms with Crippen LogP contribution < -0.4 is 38.9 Å². The van der Waals surface area contributed by atoms with Crippen LogP contribution in [0.1, 0.15) is 76.7 Å². The van der Waals surface area contributed by atoms with Crippen LogP contribution in [-0.2, 0) is 40.0 Å². The average molecular weight is 743 g/mol. The van der Waals surface area contributed by atoms with Crippen molar-refractivity contribution in [3.8, 4) is 0 Å². The number of likely N-dealkylation sites (tertiary alicyclic amines) is 1. The number of nitrogen functional groups attached to an aromatic ring is 1. The summed E-state index contributed by atoms with van der Waals surface area (Å²) in [7, 11) is 0. The molecular formula is C35H54N10O8. The van der Waals surface area contributed by atoms with Gasteiger partial charge in [0.1, 0.15) is 24.2 Å². The van der Waals surface area contributed by atoms with Gasteiger partial charge in [-0.05, 0) is 62.1 Å². The number of rotatable bonds is 19. The minimum absolute atomic E-state index is 0.00370. The van der Waals surface area contributed by atoms with E-state index in [9.17, 15) is 38.7 Å². The zero-order valence-electron chi connectivity index (χ0n) is 30.3. The number of guanidine groups is 1. The molecule has 1 aromatic rings. The highest BCUT2D eigenvalue weighted by Gasteiger charge is 2.38. The number of anilines is 1. The van der Waals surface area contributed by atoms with Crippen molar-refractivity contribution < 1.29 is 38.7 Å². The molecule has 0 spiro atoms. The first kappa shape index (κ1) is 42.0. The third kappa shape index (κ3) is 13.6. The fraction of sp³-hybridized carbons (Fsp3) is 0.600. The van der Waals surface area contributed by atoms with E-state index in [0.717, 1.165) is 29.7 Å². The summed E-state index contributed by atoms with van der Waals surface area (Å²) in [6, 6.07) is 2.58. The van der Waals surface area contributed by atoms with E-state index in [-0.39, 0.29) is 50.8 Å². The molecule has 18 nitrogen and oxygen atoms in total. The minimum atomic E-state index is -1.27. The molecule has 2 fully saturated rings. The van der Waals surface area contributed by atoms with Crippen LogP contribution in [-0.4, -0.2) is 113 Å². The Morgan fingerprint density at radius 3 is 2.19 bits per heavy atom. The van der Waals surface area contributed by atoms with Gasteiger partial charge < -0.3 is 53.8 Å². The number of nitrogens with two attached hydrogens (primary N) is 4. The van der Waals surface area contributed by atoms with Crippen LogP contribution in [0, 0.1) is 5.92 Å². The van der Waals surface area contributed by atoms with Crippen LogP contribution in [0.3, 0.4) is 0 Å². The molecule has 292 valence electrons. The van der Waals surface area contributed by atoms with Gasteiger partial charge in [0.15, 0.2) is 5.96 Å². The van der Waals surface area contributed by atoms with Gasteiger partial charge in [-0.25, -0.2) is 0 Å². The normalized spacial score (nSPS) is 17.5. The smallest absolute Gasteiger partial charge is 0.305 e. The van der Waals surface area contributed by atoms with Gasteiger partial charge in [0, 0.05) is 38.7 Å². The second kappa shape index (κ2) is 20.6. The Kier molecular flexibility index (Phi) is 16.3. The van der Waals surface area contributed by atoms with E-state index >= 15 is 0 Å². The summed E-state index contributed by atoms with van der Waals surface area (Å²) < 4.78 is 0. The fourth-order valence-electron chi connectivity index (χ4n) is 6.82. The molecule has 1 aromatic carbocycles. The largest absolute Gasteiger partial charge is 0.481 e. The lowest BCUT2D eigenvalue weighted by Crippen LogP contribution is -2.60. The van der Waals surface area contributed by atoms with E-state index in [1.165, 1.54) is 11.8 Å². The summed E-state index contributed by atoms with van der Waals surface area (Å²) in [6.07, 6.45) is 4.59. The summed E-state index contributed by atoms with van der Waals surface area (Å²) in [5.74, 6) is -5.38. The number of nitrogens with one attached hydrogen (secondary N) is 3. The molecule has 1 heterocycles. The molecule has 0 bridgehead atoms. The number of amides is 6. The Balaban J connectivity index is 1.90. The van der Waals surface area contributed by atoms with Gasteiger partial charge in [0.05, 0.1) is 13.0 Å². The number of aliphatic imine (C=N–C) groups is 1. The Morgan fingerprint density at radius 2 is 1.58 bits per heavy atom. The van der Waals surface area contributed by atoms with Crippen LogP contribution in [0.15, 0.2) is 29.3 Å². The van der Waals surface area contributed by atoms with Crippen molar-refractivity contribution in [1.29, 1.82) is 0 Å². The molecule has 1 aliphatic heterocycles. The number of hydrogen-bond donors (Lipinski definition) is 8. The van der Waals surface area contributed by atoms with Gasteiger partial charge in [0.2, 0.25) is 35.4 Å². The molecule has 0 radical (unpaired) electrons. The van der Waals surface area contributed by atoms with Crippen molar-refractivity contribution in [2.75, 3.05) is 31.9 Å². The molecular weight excluding hydrogens is 688 g/mol. The van der Waals surface area contributed by atoms with Gasteiger partial charge in [-0.3, -0.25) is 38.6 Å². The maximum absolute atomic E-state index is 14.2. The number of carbonyl (C=O) groups excluding carboxylic acids is 6. The summed E-state index contributed by atoms with van der Waals surface area (Å²) in [4.78, 5) is 97.6. The quantitative estimate of drug-likeness (QED) is 0.0357. The van der Waals surface area contributed by atoms with E-state index in [0.29, 0.717) is 31.4 Å². The van der Waals surface area contributed by atoms with Gasteiger partial charge in [-0.15, -0.1) is 0 Å². The second-order valence-corrected chi connectivity index (χ2v) is 13.6. The van der Waals surface area contributed by atoms with Crippen LogP contribution in [0.4, 0.5) is 5.69 Å². The molecule has 1 saturated carbocycles. The van der Waals surface area contributed by atoms with Crippen LogP contribution in [0.25, 0.3) is 0 Å². The molecule has 3 rings (SSSR count). The first-order valence-corrected chi connectivity index (χ1v) is 18.0. The molecule has 12 N–H and O–H groups in total. The molecule has 0 aromatic heterocycles. The number of nitrogens with zero attached hydrogens (tertiary/aromatic N) is 3. The molecule has 6 amide bonds. The maximum atomic E-state index is 14.2. The lowest BCUT2D eigenvalue weighted by Gasteiger charge is -2.34. The predicted octanol–water partition coefficient (Wildman–Crippen LogP) is -1.30. The molecule has 1 saturated heterocycles. The van der Waals surface area contributed by atoms with Gasteiger partial charge >= 0.3 is 5.97 Å². The first-order chi connectivity index (χ1) is 25.2. The number of hydrogen-bond acceptors (Lipinski definition) is 9. The highest BCUT2D eigenvalue weighted by atomic mass is 16.4. The van der Waals surface area contributed by atoms with E-state index < -0.39 is 78.5 Å². The lowest BCUT2D eigenvalue weighted by atomic mass is 9.83. The van der Waals surface area contributed by atoms with E-state index in [2.05, 4.69) is 20.9 Å². The van der Waals surface area contributed by atoms with Crippen LogP contribution >= 0.6 is 0 Å². The highest BCUT2D eigenvalue weighted by Crippen LogP contribution is 2.27. The summed E-state index contributed by atoms with van der Waals surface area (Å²) in [6.45, 7) is 0.721. The molecule has 2 aliphatic rings. The van der Waals surface area contributed by atoms with Crippen molar-refractivity contribution in [3.63, 3.8) is 0 Å². The third-order valence-electron chi connectivity index (χ3n) is 9.51. The van der Waals surface area contributed by atoms with Crippen LogP contribution in [0.2, 0.25) is 0 Å². The minimum Gasteiger partial charge on any atom is -0.481 e. The highest BCUT2D eigenvalue weighted by molar-refractivity contribution is 5.96. The lowest BCUT2D eigenvalue weighted by molar-refractivity contribution is -0.146. The van der Waals surface area contributed by atoms with Crippen molar-refractivity contribution in [3.05, 3.63) is 29.8 Å².